The fourth-order valence-corrected chi connectivity index (χ4v) is 3.07. The zero-order valence-electron chi connectivity index (χ0n) is 16.6. The summed E-state index contributed by atoms with van der Waals surface area (Å²) in [6.07, 6.45) is -0.318. The summed E-state index contributed by atoms with van der Waals surface area (Å²) < 4.78 is 6.15. The lowest BCUT2D eigenvalue weighted by atomic mass is 10.0. The van der Waals surface area contributed by atoms with Gasteiger partial charge in [0.1, 0.15) is 12.4 Å². The Kier molecular flexibility index (Phi) is 11.7. The van der Waals surface area contributed by atoms with Crippen LogP contribution in [0.1, 0.15) is 18.1 Å². The smallest absolute Gasteiger partial charge is 0.124 e. The van der Waals surface area contributed by atoms with E-state index in [-0.39, 0.29) is 30.9 Å². The lowest BCUT2D eigenvalue weighted by Gasteiger charge is -2.15. The van der Waals surface area contributed by atoms with Crippen LogP contribution in [0.15, 0.2) is 66.7 Å². The van der Waals surface area contributed by atoms with Crippen molar-refractivity contribution >= 4 is 35.6 Å². The number of fused-ring (bicyclic) bond motifs is 1. The second-order valence-corrected chi connectivity index (χ2v) is 6.77. The third-order valence-corrected chi connectivity index (χ3v) is 4.45. The highest BCUT2D eigenvalue weighted by Gasteiger charge is 2.09. The van der Waals surface area contributed by atoms with Gasteiger partial charge in [0.25, 0.3) is 0 Å². The molecule has 3 rings (SSSR count). The number of aliphatic hydroxyl groups is 1. The third kappa shape index (κ3) is 7.84. The fraction of sp³-hybridized carbons (Fsp3) is 0.304. The lowest BCUT2D eigenvalue weighted by Crippen LogP contribution is -2.31. The van der Waals surface area contributed by atoms with Crippen LogP contribution in [-0.4, -0.2) is 30.8 Å². The van der Waals surface area contributed by atoms with Crippen LogP contribution in [0.25, 0.3) is 10.8 Å². The number of ether oxygens (including phenoxy) is 1. The molecule has 3 aromatic carbocycles. The quantitative estimate of drug-likeness (QED) is 0.414. The number of nitrogens with one attached hydrogen (secondary N) is 2. The van der Waals surface area contributed by atoms with Gasteiger partial charge < -0.3 is 20.5 Å². The SMILES string of the molecule is CC(O)CNCCNCc1c(OCc2ccccc2)ccc2ccccc12.Cl.Cl. The highest BCUT2D eigenvalue weighted by Crippen LogP contribution is 2.28. The Balaban J connectivity index is 0.00000210. The maximum atomic E-state index is 9.30. The average Bonchev–Trinajstić information content (AvgIpc) is 2.70. The van der Waals surface area contributed by atoms with Crippen molar-refractivity contribution in [1.29, 1.82) is 0 Å². The van der Waals surface area contributed by atoms with Crippen molar-refractivity contribution in [3.63, 3.8) is 0 Å². The molecule has 0 fully saturated rings. The van der Waals surface area contributed by atoms with Gasteiger partial charge in [-0.05, 0) is 29.3 Å². The van der Waals surface area contributed by atoms with Crippen molar-refractivity contribution in [2.24, 2.45) is 0 Å². The maximum Gasteiger partial charge on any atom is 0.124 e. The van der Waals surface area contributed by atoms with Crippen LogP contribution in [-0.2, 0) is 13.2 Å². The summed E-state index contributed by atoms with van der Waals surface area (Å²) in [5.41, 5.74) is 2.34. The van der Waals surface area contributed by atoms with Crippen molar-refractivity contribution in [3.8, 4) is 5.75 Å². The van der Waals surface area contributed by atoms with Crippen molar-refractivity contribution in [2.75, 3.05) is 19.6 Å². The Labute approximate surface area is 185 Å². The van der Waals surface area contributed by atoms with Gasteiger partial charge in [-0.1, -0.05) is 60.7 Å². The van der Waals surface area contributed by atoms with Gasteiger partial charge in [0.15, 0.2) is 0 Å². The van der Waals surface area contributed by atoms with Gasteiger partial charge in [0.05, 0.1) is 6.10 Å². The second kappa shape index (κ2) is 13.4. The molecule has 29 heavy (non-hydrogen) atoms. The molecule has 3 aromatic rings. The minimum Gasteiger partial charge on any atom is -0.489 e. The van der Waals surface area contributed by atoms with Crippen LogP contribution < -0.4 is 15.4 Å². The molecule has 4 nitrogen and oxygen atoms in total. The van der Waals surface area contributed by atoms with Gasteiger partial charge in [0, 0.05) is 31.7 Å². The molecule has 0 radical (unpaired) electrons. The molecule has 0 saturated heterocycles. The molecular weight excluding hydrogens is 407 g/mol. The highest BCUT2D eigenvalue weighted by atomic mass is 35.5. The molecule has 0 aliphatic carbocycles. The largest absolute Gasteiger partial charge is 0.489 e. The number of hydrogen-bond donors (Lipinski definition) is 3. The van der Waals surface area contributed by atoms with E-state index in [1.165, 1.54) is 16.3 Å². The Morgan fingerprint density at radius 2 is 1.55 bits per heavy atom. The fourth-order valence-electron chi connectivity index (χ4n) is 3.07. The third-order valence-electron chi connectivity index (χ3n) is 4.45. The minimum absolute atomic E-state index is 0. The molecule has 0 aliphatic heterocycles. The monoisotopic (exact) mass is 436 g/mol. The molecule has 0 spiro atoms. The second-order valence-electron chi connectivity index (χ2n) is 6.77. The van der Waals surface area contributed by atoms with E-state index < -0.39 is 0 Å². The van der Waals surface area contributed by atoms with Gasteiger partial charge in [0.2, 0.25) is 0 Å². The van der Waals surface area contributed by atoms with Gasteiger partial charge >= 0.3 is 0 Å². The van der Waals surface area contributed by atoms with Gasteiger partial charge in [-0.25, -0.2) is 0 Å². The van der Waals surface area contributed by atoms with Gasteiger partial charge in [-0.15, -0.1) is 24.8 Å². The first kappa shape index (κ1) is 25.2. The lowest BCUT2D eigenvalue weighted by molar-refractivity contribution is 0.191. The standard InChI is InChI=1S/C23H28N2O2.2ClH/c1-18(26)15-24-13-14-25-16-22-21-10-6-5-9-20(21)11-12-23(22)27-17-19-7-3-2-4-8-19;;/h2-12,18,24-26H,13-17H2,1H3;2*1H. The molecule has 0 aromatic heterocycles. The number of halogens is 2. The normalized spacial score (nSPS) is 11.4. The molecule has 158 valence electrons. The van der Waals surface area contributed by atoms with E-state index in [2.05, 4.69) is 59.2 Å². The zero-order valence-corrected chi connectivity index (χ0v) is 18.3. The molecule has 1 atom stereocenters. The van der Waals surface area contributed by atoms with Crippen LogP contribution in [0.3, 0.4) is 0 Å². The van der Waals surface area contributed by atoms with Gasteiger partial charge in [-0.2, -0.15) is 0 Å². The van der Waals surface area contributed by atoms with E-state index in [0.29, 0.717) is 13.2 Å². The molecule has 0 heterocycles. The van der Waals surface area contributed by atoms with E-state index >= 15 is 0 Å². The molecule has 6 heteroatoms. The predicted molar refractivity (Wildman–Crippen MR) is 125 cm³/mol. The summed E-state index contributed by atoms with van der Waals surface area (Å²) in [5, 5.41) is 18.4. The molecule has 0 aliphatic rings. The molecule has 0 amide bonds. The van der Waals surface area contributed by atoms with E-state index in [9.17, 15) is 5.11 Å². The first-order valence-electron chi connectivity index (χ1n) is 9.51. The summed E-state index contributed by atoms with van der Waals surface area (Å²) in [5.74, 6) is 0.919. The van der Waals surface area contributed by atoms with E-state index in [0.717, 1.165) is 30.9 Å². The Hall–Kier alpha value is -1.82. The van der Waals surface area contributed by atoms with Crippen LogP contribution in [0.4, 0.5) is 0 Å². The van der Waals surface area contributed by atoms with Crippen molar-refractivity contribution in [2.45, 2.75) is 26.2 Å². The van der Waals surface area contributed by atoms with Crippen LogP contribution >= 0.6 is 24.8 Å². The Morgan fingerprint density at radius 1 is 0.862 bits per heavy atom. The summed E-state index contributed by atoms with van der Waals surface area (Å²) in [4.78, 5) is 0. The molecule has 3 N–H and O–H groups in total. The summed E-state index contributed by atoms with van der Waals surface area (Å²) in [6, 6.07) is 22.8. The number of rotatable bonds is 10. The van der Waals surface area contributed by atoms with Crippen LogP contribution in [0.5, 0.6) is 5.75 Å². The number of aliphatic hydroxyl groups excluding tert-OH is 1. The zero-order chi connectivity index (χ0) is 18.9. The van der Waals surface area contributed by atoms with E-state index in [1.807, 2.05) is 18.2 Å². The number of benzene rings is 3. The van der Waals surface area contributed by atoms with Crippen LogP contribution in [0.2, 0.25) is 0 Å². The summed E-state index contributed by atoms with van der Waals surface area (Å²) in [6.45, 7) is 5.34. The Bertz CT molecular complexity index is 845. The Morgan fingerprint density at radius 3 is 2.31 bits per heavy atom. The van der Waals surface area contributed by atoms with E-state index in [1.54, 1.807) is 6.92 Å². The molecular formula is C23H30Cl2N2O2. The average molecular weight is 437 g/mol. The first-order valence-corrected chi connectivity index (χ1v) is 9.51. The maximum absolute atomic E-state index is 9.30. The van der Waals surface area contributed by atoms with Gasteiger partial charge in [-0.3, -0.25) is 0 Å². The van der Waals surface area contributed by atoms with Crippen LogP contribution in [0, 0.1) is 0 Å². The topological polar surface area (TPSA) is 53.5 Å². The summed E-state index contributed by atoms with van der Waals surface area (Å²) >= 11 is 0. The summed E-state index contributed by atoms with van der Waals surface area (Å²) in [7, 11) is 0. The van der Waals surface area contributed by atoms with E-state index in [4.69, 9.17) is 4.74 Å². The minimum atomic E-state index is -0.318. The van der Waals surface area contributed by atoms with Crippen molar-refractivity contribution in [1.82, 2.24) is 10.6 Å². The highest BCUT2D eigenvalue weighted by molar-refractivity contribution is 5.87. The molecule has 0 bridgehead atoms. The molecule has 0 saturated carbocycles. The van der Waals surface area contributed by atoms with Crippen molar-refractivity contribution in [3.05, 3.63) is 77.9 Å². The van der Waals surface area contributed by atoms with Crippen molar-refractivity contribution < 1.29 is 9.84 Å². The first-order chi connectivity index (χ1) is 13.2. The predicted octanol–water partition coefficient (Wildman–Crippen LogP) is 4.32. The number of hydrogen-bond acceptors (Lipinski definition) is 4. The molecule has 1 unspecified atom stereocenters.